The van der Waals surface area contributed by atoms with E-state index in [-0.39, 0.29) is 0 Å². The zero-order chi connectivity index (χ0) is 14.5. The molecule has 0 bridgehead atoms. The van der Waals surface area contributed by atoms with Gasteiger partial charge in [-0.1, -0.05) is 19.9 Å². The molecule has 0 aromatic carbocycles. The fourth-order valence-corrected chi connectivity index (χ4v) is 3.00. The van der Waals surface area contributed by atoms with E-state index in [4.69, 9.17) is 0 Å². The van der Waals surface area contributed by atoms with Gasteiger partial charge >= 0.3 is 0 Å². The van der Waals surface area contributed by atoms with Gasteiger partial charge in [0.2, 0.25) is 0 Å². The predicted octanol–water partition coefficient (Wildman–Crippen LogP) is 4.01. The SMILES string of the molecule is CCc1nc(NC)c(C)c(NC(CC)c2cccs2)n1. The standard InChI is InChI=1S/C15H22N4S/c1-5-11(12-8-7-9-20-12)17-15-10(3)14(16-4)18-13(6-2)19-15/h7-9,11H,5-6H2,1-4H3,(H2,16,17,18,19). The molecule has 2 aromatic heterocycles. The van der Waals surface area contributed by atoms with Crippen molar-refractivity contribution in [1.82, 2.24) is 9.97 Å². The lowest BCUT2D eigenvalue weighted by Gasteiger charge is -2.19. The van der Waals surface area contributed by atoms with Crippen LogP contribution in [0.3, 0.4) is 0 Å². The number of hydrogen-bond donors (Lipinski definition) is 2. The number of hydrogen-bond acceptors (Lipinski definition) is 5. The summed E-state index contributed by atoms with van der Waals surface area (Å²) in [5.74, 6) is 2.70. The highest BCUT2D eigenvalue weighted by atomic mass is 32.1. The molecule has 0 saturated carbocycles. The molecule has 2 aromatic rings. The van der Waals surface area contributed by atoms with E-state index in [0.29, 0.717) is 6.04 Å². The molecule has 0 amide bonds. The molecule has 0 radical (unpaired) electrons. The fourth-order valence-electron chi connectivity index (χ4n) is 2.13. The number of thiophene rings is 1. The van der Waals surface area contributed by atoms with Crippen LogP contribution in [0.4, 0.5) is 11.6 Å². The van der Waals surface area contributed by atoms with Crippen molar-refractivity contribution in [2.75, 3.05) is 17.7 Å². The summed E-state index contributed by atoms with van der Waals surface area (Å²) < 4.78 is 0. The van der Waals surface area contributed by atoms with Gasteiger partial charge in [-0.2, -0.15) is 0 Å². The summed E-state index contributed by atoms with van der Waals surface area (Å²) >= 11 is 1.78. The summed E-state index contributed by atoms with van der Waals surface area (Å²) in [4.78, 5) is 10.5. The number of aryl methyl sites for hydroxylation is 1. The van der Waals surface area contributed by atoms with Crippen LogP contribution in [0.5, 0.6) is 0 Å². The summed E-state index contributed by atoms with van der Waals surface area (Å²) in [5, 5.41) is 8.83. The number of nitrogens with zero attached hydrogens (tertiary/aromatic N) is 2. The third kappa shape index (κ3) is 3.10. The number of anilines is 2. The van der Waals surface area contributed by atoms with Crippen molar-refractivity contribution in [2.45, 2.75) is 39.7 Å². The normalized spacial score (nSPS) is 12.2. The van der Waals surface area contributed by atoms with Crippen molar-refractivity contribution in [1.29, 1.82) is 0 Å². The van der Waals surface area contributed by atoms with Gasteiger partial charge in [-0.3, -0.25) is 0 Å². The highest BCUT2D eigenvalue weighted by Crippen LogP contribution is 2.28. The largest absolute Gasteiger partial charge is 0.373 e. The van der Waals surface area contributed by atoms with Crippen LogP contribution in [0, 0.1) is 6.92 Å². The number of rotatable bonds is 6. The summed E-state index contributed by atoms with van der Waals surface area (Å²) in [6.45, 7) is 6.31. The Morgan fingerprint density at radius 1 is 1.25 bits per heavy atom. The Hall–Kier alpha value is -1.62. The lowest BCUT2D eigenvalue weighted by Crippen LogP contribution is -2.13. The van der Waals surface area contributed by atoms with E-state index in [0.717, 1.165) is 35.9 Å². The quantitative estimate of drug-likeness (QED) is 0.844. The Labute approximate surface area is 124 Å². The van der Waals surface area contributed by atoms with E-state index >= 15 is 0 Å². The monoisotopic (exact) mass is 290 g/mol. The molecule has 1 atom stereocenters. The predicted molar refractivity (Wildman–Crippen MR) is 86.7 cm³/mol. The van der Waals surface area contributed by atoms with Gasteiger partial charge in [0, 0.05) is 23.9 Å². The molecule has 2 heterocycles. The first-order chi connectivity index (χ1) is 9.69. The summed E-state index contributed by atoms with van der Waals surface area (Å²) in [5.41, 5.74) is 1.07. The number of aromatic nitrogens is 2. The minimum absolute atomic E-state index is 0.304. The molecular weight excluding hydrogens is 268 g/mol. The van der Waals surface area contributed by atoms with Gasteiger partial charge in [-0.15, -0.1) is 11.3 Å². The average molecular weight is 290 g/mol. The smallest absolute Gasteiger partial charge is 0.135 e. The zero-order valence-electron chi connectivity index (χ0n) is 12.5. The topological polar surface area (TPSA) is 49.8 Å². The highest BCUT2D eigenvalue weighted by molar-refractivity contribution is 7.10. The lowest BCUT2D eigenvalue weighted by molar-refractivity contribution is 0.753. The third-order valence-electron chi connectivity index (χ3n) is 3.35. The van der Waals surface area contributed by atoms with E-state index in [1.807, 2.05) is 7.05 Å². The van der Waals surface area contributed by atoms with Crippen LogP contribution in [0.2, 0.25) is 0 Å². The minimum atomic E-state index is 0.304. The molecule has 0 aliphatic heterocycles. The van der Waals surface area contributed by atoms with Crippen molar-refractivity contribution in [2.24, 2.45) is 0 Å². The average Bonchev–Trinajstić information content (AvgIpc) is 3.00. The van der Waals surface area contributed by atoms with Crippen molar-refractivity contribution < 1.29 is 0 Å². The van der Waals surface area contributed by atoms with Gasteiger partial charge in [0.25, 0.3) is 0 Å². The highest BCUT2D eigenvalue weighted by Gasteiger charge is 2.15. The van der Waals surface area contributed by atoms with E-state index in [1.165, 1.54) is 4.88 Å². The van der Waals surface area contributed by atoms with Crippen LogP contribution in [-0.2, 0) is 6.42 Å². The fraction of sp³-hybridized carbons (Fsp3) is 0.467. The Balaban J connectivity index is 2.32. The molecule has 0 aliphatic carbocycles. The van der Waals surface area contributed by atoms with E-state index < -0.39 is 0 Å². The van der Waals surface area contributed by atoms with Crippen molar-refractivity contribution >= 4 is 23.0 Å². The van der Waals surface area contributed by atoms with Gasteiger partial charge in [0.1, 0.15) is 17.5 Å². The molecule has 0 fully saturated rings. The second-order valence-electron chi connectivity index (χ2n) is 4.69. The molecule has 4 nitrogen and oxygen atoms in total. The Kier molecular flexibility index (Phi) is 4.95. The van der Waals surface area contributed by atoms with Crippen molar-refractivity contribution in [3.05, 3.63) is 33.8 Å². The summed E-state index contributed by atoms with van der Waals surface area (Å²) in [6, 6.07) is 4.56. The second kappa shape index (κ2) is 6.70. The van der Waals surface area contributed by atoms with E-state index in [1.54, 1.807) is 11.3 Å². The van der Waals surface area contributed by atoms with Crippen LogP contribution in [0.15, 0.2) is 17.5 Å². The molecule has 2 N–H and O–H groups in total. The van der Waals surface area contributed by atoms with E-state index in [9.17, 15) is 0 Å². The first-order valence-corrected chi connectivity index (χ1v) is 7.92. The van der Waals surface area contributed by atoms with Gasteiger partial charge in [0.15, 0.2) is 0 Å². The van der Waals surface area contributed by atoms with Crippen molar-refractivity contribution in [3.63, 3.8) is 0 Å². The molecular formula is C15H22N4S. The van der Waals surface area contributed by atoms with Crippen LogP contribution >= 0.6 is 11.3 Å². The van der Waals surface area contributed by atoms with Gasteiger partial charge in [0.05, 0.1) is 6.04 Å². The first kappa shape index (κ1) is 14.8. The van der Waals surface area contributed by atoms with Gasteiger partial charge in [-0.05, 0) is 24.8 Å². The van der Waals surface area contributed by atoms with Crippen LogP contribution < -0.4 is 10.6 Å². The second-order valence-corrected chi connectivity index (χ2v) is 5.67. The molecule has 0 spiro atoms. The van der Waals surface area contributed by atoms with Crippen LogP contribution in [0.1, 0.15) is 42.6 Å². The van der Waals surface area contributed by atoms with E-state index in [2.05, 4.69) is 58.9 Å². The summed E-state index contributed by atoms with van der Waals surface area (Å²) in [7, 11) is 1.90. The summed E-state index contributed by atoms with van der Waals surface area (Å²) in [6.07, 6.45) is 1.86. The van der Waals surface area contributed by atoms with Crippen molar-refractivity contribution in [3.8, 4) is 0 Å². The molecule has 108 valence electrons. The Bertz CT molecular complexity index is 551. The number of nitrogens with one attached hydrogen (secondary N) is 2. The maximum Gasteiger partial charge on any atom is 0.135 e. The minimum Gasteiger partial charge on any atom is -0.373 e. The van der Waals surface area contributed by atoms with Gasteiger partial charge in [-0.25, -0.2) is 9.97 Å². The zero-order valence-corrected chi connectivity index (χ0v) is 13.3. The van der Waals surface area contributed by atoms with Crippen LogP contribution in [0.25, 0.3) is 0 Å². The molecule has 5 heteroatoms. The van der Waals surface area contributed by atoms with Crippen LogP contribution in [-0.4, -0.2) is 17.0 Å². The first-order valence-electron chi connectivity index (χ1n) is 7.04. The molecule has 2 rings (SSSR count). The third-order valence-corrected chi connectivity index (χ3v) is 4.34. The maximum absolute atomic E-state index is 4.64. The molecule has 20 heavy (non-hydrogen) atoms. The Morgan fingerprint density at radius 2 is 2.00 bits per heavy atom. The van der Waals surface area contributed by atoms with Gasteiger partial charge < -0.3 is 10.6 Å². The molecule has 0 aliphatic rings. The maximum atomic E-state index is 4.64. The molecule has 1 unspecified atom stereocenters. The lowest BCUT2D eigenvalue weighted by atomic mass is 10.1. The Morgan fingerprint density at radius 3 is 2.55 bits per heavy atom. The molecule has 0 saturated heterocycles.